The average molecular weight is 568 g/mol. The van der Waals surface area contributed by atoms with Gasteiger partial charge < -0.3 is 10.1 Å². The van der Waals surface area contributed by atoms with Crippen molar-refractivity contribution in [1.29, 1.82) is 0 Å². The van der Waals surface area contributed by atoms with E-state index in [1.54, 1.807) is 54.1 Å². The number of nitrogens with zero attached hydrogens (tertiary/aromatic N) is 2. The van der Waals surface area contributed by atoms with Gasteiger partial charge in [0, 0.05) is 26.9 Å². The van der Waals surface area contributed by atoms with Gasteiger partial charge in [0.2, 0.25) is 5.91 Å². The third kappa shape index (κ3) is 5.10. The van der Waals surface area contributed by atoms with E-state index in [0.29, 0.717) is 36.9 Å². The molecule has 0 saturated heterocycles. The molecule has 0 unspecified atom stereocenters. The van der Waals surface area contributed by atoms with Crippen molar-refractivity contribution in [3.8, 4) is 22.3 Å². The van der Waals surface area contributed by atoms with Crippen LogP contribution in [0.3, 0.4) is 0 Å². The minimum Gasteiger partial charge on any atom is -0.462 e. The number of ether oxygens (including phenoxy) is 1. The third-order valence-corrected chi connectivity index (χ3v) is 7.74. The fourth-order valence-corrected chi connectivity index (χ4v) is 5.95. The second-order valence-electron chi connectivity index (χ2n) is 8.14. The number of benzene rings is 2. The molecule has 192 valence electrons. The molecule has 3 heterocycles. The fourth-order valence-electron chi connectivity index (χ4n) is 3.94. The molecule has 0 aliphatic heterocycles. The monoisotopic (exact) mass is 567 g/mol. The predicted molar refractivity (Wildman–Crippen MR) is 149 cm³/mol. The molecule has 5 aromatic rings. The number of fused-ring (bicyclic) bond motifs is 1. The first-order valence-corrected chi connectivity index (χ1v) is 13.6. The zero-order valence-electron chi connectivity index (χ0n) is 19.9. The van der Waals surface area contributed by atoms with Gasteiger partial charge in [0.25, 0.3) is 5.56 Å². The smallest absolute Gasteiger partial charge is 0.341 e. The summed E-state index contributed by atoms with van der Waals surface area (Å²) in [5.74, 6) is -1.46. The first-order valence-electron chi connectivity index (χ1n) is 11.4. The average Bonchev–Trinajstić information content (AvgIpc) is 3.52. The molecule has 7 nitrogen and oxygen atoms in total. The van der Waals surface area contributed by atoms with Gasteiger partial charge in [-0.25, -0.2) is 14.2 Å². The second-order valence-corrected chi connectivity index (χ2v) is 10.3. The van der Waals surface area contributed by atoms with Crippen LogP contribution in [-0.2, 0) is 16.1 Å². The number of anilines is 1. The fraction of sp³-hybridized carbons (Fsp3) is 0.111. The quantitative estimate of drug-likeness (QED) is 0.228. The lowest BCUT2D eigenvalue weighted by Crippen LogP contribution is -2.28. The Balaban J connectivity index is 1.44. The topological polar surface area (TPSA) is 90.3 Å². The number of amides is 1. The van der Waals surface area contributed by atoms with E-state index in [1.165, 1.54) is 45.7 Å². The summed E-state index contributed by atoms with van der Waals surface area (Å²) in [5.41, 5.74) is 2.46. The SMILES string of the molecule is CCOC(=O)c1c(-c2ccc(Cl)cc2)csc1NC(=O)Cn1cnc2scc(-c3ccc(F)cc3)c2c1=O. The van der Waals surface area contributed by atoms with Crippen LogP contribution in [0.2, 0.25) is 5.02 Å². The Morgan fingerprint density at radius 2 is 1.68 bits per heavy atom. The van der Waals surface area contributed by atoms with Crippen LogP contribution in [0.5, 0.6) is 0 Å². The summed E-state index contributed by atoms with van der Waals surface area (Å²) < 4.78 is 19.8. The molecule has 2 aromatic carbocycles. The van der Waals surface area contributed by atoms with E-state index in [2.05, 4.69) is 10.3 Å². The number of carbonyl (C=O) groups is 2. The molecule has 11 heteroatoms. The first kappa shape index (κ1) is 25.8. The molecule has 3 aromatic heterocycles. The second kappa shape index (κ2) is 10.9. The highest BCUT2D eigenvalue weighted by Crippen LogP contribution is 2.37. The van der Waals surface area contributed by atoms with E-state index in [-0.39, 0.29) is 24.5 Å². The molecule has 38 heavy (non-hydrogen) atoms. The number of hydrogen-bond donors (Lipinski definition) is 1. The molecule has 0 fully saturated rings. The number of nitrogens with one attached hydrogen (secondary N) is 1. The number of carbonyl (C=O) groups excluding carboxylic acids is 2. The normalized spacial score (nSPS) is 11.0. The zero-order chi connectivity index (χ0) is 26.8. The molecule has 0 saturated carbocycles. The van der Waals surface area contributed by atoms with E-state index in [1.807, 2.05) is 0 Å². The summed E-state index contributed by atoms with van der Waals surface area (Å²) in [6, 6.07) is 12.8. The number of aromatic nitrogens is 2. The summed E-state index contributed by atoms with van der Waals surface area (Å²) in [7, 11) is 0. The van der Waals surface area contributed by atoms with Crippen molar-refractivity contribution >= 4 is 61.4 Å². The number of thiophene rings is 2. The number of hydrogen-bond acceptors (Lipinski definition) is 7. The van der Waals surface area contributed by atoms with E-state index >= 15 is 0 Å². The molecule has 1 N–H and O–H groups in total. The Kier molecular flexibility index (Phi) is 7.37. The molecule has 0 aliphatic rings. The molecular formula is C27H19ClFN3O4S2. The minimum atomic E-state index is -0.573. The summed E-state index contributed by atoms with van der Waals surface area (Å²) in [6.45, 7) is 1.54. The van der Waals surface area contributed by atoms with Gasteiger partial charge in [-0.1, -0.05) is 35.9 Å². The van der Waals surface area contributed by atoms with Gasteiger partial charge in [-0.3, -0.25) is 14.2 Å². The van der Waals surface area contributed by atoms with Crippen LogP contribution >= 0.6 is 34.3 Å². The van der Waals surface area contributed by atoms with Crippen LogP contribution in [0.25, 0.3) is 32.5 Å². The van der Waals surface area contributed by atoms with Crippen molar-refractivity contribution in [3.63, 3.8) is 0 Å². The molecule has 1 amide bonds. The summed E-state index contributed by atoms with van der Waals surface area (Å²) >= 11 is 8.47. The number of rotatable bonds is 7. The van der Waals surface area contributed by atoms with Gasteiger partial charge in [0.05, 0.1) is 18.3 Å². The van der Waals surface area contributed by atoms with Gasteiger partial charge in [-0.05, 0) is 42.3 Å². The molecular weight excluding hydrogens is 549 g/mol. The van der Waals surface area contributed by atoms with Crippen LogP contribution in [0.15, 0.2) is 70.4 Å². The summed E-state index contributed by atoms with van der Waals surface area (Å²) in [4.78, 5) is 44.0. The molecule has 0 spiro atoms. The largest absolute Gasteiger partial charge is 0.462 e. The highest BCUT2D eigenvalue weighted by atomic mass is 35.5. The van der Waals surface area contributed by atoms with Crippen LogP contribution in [0.4, 0.5) is 9.39 Å². The first-order chi connectivity index (χ1) is 18.4. The van der Waals surface area contributed by atoms with Crippen molar-refractivity contribution < 1.29 is 18.7 Å². The van der Waals surface area contributed by atoms with Gasteiger partial charge in [-0.2, -0.15) is 0 Å². The van der Waals surface area contributed by atoms with E-state index in [9.17, 15) is 18.8 Å². The van der Waals surface area contributed by atoms with Crippen molar-refractivity contribution in [2.24, 2.45) is 0 Å². The maximum atomic E-state index is 13.4. The lowest BCUT2D eigenvalue weighted by atomic mass is 10.0. The Morgan fingerprint density at radius 1 is 1.03 bits per heavy atom. The summed E-state index contributed by atoms with van der Waals surface area (Å²) in [5, 5.41) is 7.50. The third-order valence-electron chi connectivity index (χ3n) is 5.71. The number of esters is 1. The van der Waals surface area contributed by atoms with E-state index < -0.39 is 17.4 Å². The molecule has 0 radical (unpaired) electrons. The zero-order valence-corrected chi connectivity index (χ0v) is 22.3. The molecule has 0 aliphatic carbocycles. The lowest BCUT2D eigenvalue weighted by molar-refractivity contribution is -0.116. The predicted octanol–water partition coefficient (Wildman–Crippen LogP) is 6.46. The highest BCUT2D eigenvalue weighted by molar-refractivity contribution is 7.17. The van der Waals surface area contributed by atoms with Gasteiger partial charge in [-0.15, -0.1) is 22.7 Å². The Hall–Kier alpha value is -3.86. The molecule has 0 atom stereocenters. The van der Waals surface area contributed by atoms with Crippen molar-refractivity contribution in [3.05, 3.63) is 92.4 Å². The Labute approximate surface area is 229 Å². The lowest BCUT2D eigenvalue weighted by Gasteiger charge is -2.10. The summed E-state index contributed by atoms with van der Waals surface area (Å²) in [6.07, 6.45) is 1.31. The minimum absolute atomic E-state index is 0.167. The van der Waals surface area contributed by atoms with Crippen LogP contribution in [-0.4, -0.2) is 28.0 Å². The van der Waals surface area contributed by atoms with Gasteiger partial charge in [0.15, 0.2) is 0 Å². The van der Waals surface area contributed by atoms with E-state index in [4.69, 9.17) is 16.3 Å². The number of halogens is 2. The Morgan fingerprint density at radius 3 is 2.39 bits per heavy atom. The van der Waals surface area contributed by atoms with Gasteiger partial charge in [0.1, 0.15) is 27.8 Å². The van der Waals surface area contributed by atoms with Crippen LogP contribution in [0.1, 0.15) is 17.3 Å². The molecule has 5 rings (SSSR count). The molecule has 0 bridgehead atoms. The maximum absolute atomic E-state index is 13.4. The maximum Gasteiger partial charge on any atom is 0.341 e. The van der Waals surface area contributed by atoms with Crippen molar-refractivity contribution in [1.82, 2.24) is 9.55 Å². The highest BCUT2D eigenvalue weighted by Gasteiger charge is 2.23. The van der Waals surface area contributed by atoms with Gasteiger partial charge >= 0.3 is 5.97 Å². The standard InChI is InChI=1S/C27H19ClFN3O4S2/c1-2-36-27(35)23-20(15-3-7-17(28)8-4-15)13-38-25(23)31-21(33)11-32-14-30-24-22(26(32)34)19(12-37-24)16-5-9-18(29)10-6-16/h3-10,12-14H,2,11H2,1H3,(H,31,33). The Bertz CT molecular complexity index is 1710. The van der Waals surface area contributed by atoms with E-state index in [0.717, 1.165) is 5.56 Å². The van der Waals surface area contributed by atoms with Crippen LogP contribution < -0.4 is 10.9 Å². The van der Waals surface area contributed by atoms with Crippen molar-refractivity contribution in [2.45, 2.75) is 13.5 Å². The van der Waals surface area contributed by atoms with Crippen LogP contribution in [0, 0.1) is 5.82 Å². The van der Waals surface area contributed by atoms with Crippen molar-refractivity contribution in [2.75, 3.05) is 11.9 Å².